The molecular weight excluding hydrogens is 1280 g/mol. The van der Waals surface area contributed by atoms with Gasteiger partial charge in [0, 0.05) is 88.8 Å². The van der Waals surface area contributed by atoms with Gasteiger partial charge in [0.1, 0.15) is 42.7 Å². The van der Waals surface area contributed by atoms with Crippen LogP contribution in [0.3, 0.4) is 0 Å². The van der Waals surface area contributed by atoms with E-state index < -0.39 is 133 Å². The molecule has 0 radical (unpaired) electrons. The maximum atomic E-state index is 14.5. The van der Waals surface area contributed by atoms with Gasteiger partial charge in [0.2, 0.25) is 29.5 Å². The number of benzene rings is 1. The molecule has 0 aliphatic carbocycles. The van der Waals surface area contributed by atoms with Crippen LogP contribution in [0.5, 0.6) is 0 Å². The number of primary amides is 1. The maximum absolute atomic E-state index is 14.5. The molecule has 21 atom stereocenters. The first-order chi connectivity index (χ1) is 46.9. The van der Waals surface area contributed by atoms with Gasteiger partial charge in [-0.15, -0.1) is 0 Å². The maximum Gasteiger partial charge on any atom is 0.407 e. The number of hydrogen-bond acceptors (Lipinski definition) is 22. The van der Waals surface area contributed by atoms with E-state index in [-0.39, 0.29) is 132 Å². The van der Waals surface area contributed by atoms with Gasteiger partial charge in [-0.3, -0.25) is 43.3 Å². The second-order valence-corrected chi connectivity index (χ2v) is 27.5. The van der Waals surface area contributed by atoms with E-state index in [1.165, 1.54) is 38.1 Å². The second kappa shape index (κ2) is 33.7. The first kappa shape index (κ1) is 74.1. The van der Waals surface area contributed by atoms with Crippen LogP contribution >= 0.6 is 0 Å². The number of methoxy groups -OCH3 is 1. The van der Waals surface area contributed by atoms with Crippen molar-refractivity contribution in [2.24, 2.45) is 17.6 Å². The molecule has 8 amide bonds. The Balaban J connectivity index is 0.675. The fourth-order valence-electron chi connectivity index (χ4n) is 14.9. The van der Waals surface area contributed by atoms with Crippen molar-refractivity contribution in [2.75, 3.05) is 51.9 Å². The number of ketones is 1. The van der Waals surface area contributed by atoms with Crippen LogP contribution in [0.25, 0.3) is 0 Å². The average Bonchev–Trinajstić information content (AvgIpc) is 1.57. The zero-order valence-electron chi connectivity index (χ0n) is 56.3. The lowest BCUT2D eigenvalue weighted by Crippen LogP contribution is -2.58. The van der Waals surface area contributed by atoms with Crippen LogP contribution in [0, 0.1) is 11.8 Å². The van der Waals surface area contributed by atoms with Crippen LogP contribution < -0.4 is 32.3 Å². The number of imide groups is 1. The van der Waals surface area contributed by atoms with Gasteiger partial charge >= 0.3 is 6.09 Å². The standard InChI is InChI=1S/C69H97N7O22/c1-36-25-45-11-13-51-37(2)26-47(92-51)17-19-69-33-50(79)63(98-69)56-32-57(97-69)64-52(95-56)14-12-46(94-64)27-43(77)28-48-54(31-53(93-45)38(36)3)96-55(62(48)88-6)29-44(78)34-71-68(87)91-35-41-7-9-42(10-8-41)74-67(86)49(30-58(70)80)75-66(85)40(5)73-65(84)39(4)72-59(81)18-21-89-23-24-90-22-20-76-60(82)15-16-61(76)83/h7-10,15-16,36,39-40,44-57,62-64,78-79H,2-3,11-14,17-35H2,1,4-6H3,(H2,70,80)(H,71,87)(H,72,81)(H,73,84)(H,74,86)(H,75,85)/t36-,39?,40+,44?,45+,46?,47?,48?,49?,50-,51?,52?,53-,54?,55-,56?,57?,62-,63?,64+,69-/m1/s1. The number of alkyl carbamates (subject to hydrolysis) is 1. The van der Waals surface area contributed by atoms with Gasteiger partial charge in [-0.05, 0) is 93.6 Å². The van der Waals surface area contributed by atoms with Gasteiger partial charge in [-0.1, -0.05) is 32.2 Å². The molecule has 10 rings (SSSR count). The summed E-state index contributed by atoms with van der Waals surface area (Å²) < 4.78 is 69.7. The molecule has 1 spiro atoms. The third kappa shape index (κ3) is 19.3. The molecule has 9 N–H and O–H groups in total. The fourth-order valence-corrected chi connectivity index (χ4v) is 14.9. The number of nitrogens with one attached hydrogen (secondary N) is 5. The minimum atomic E-state index is -1.45. The Hall–Kier alpha value is -6.61. The summed E-state index contributed by atoms with van der Waals surface area (Å²) in [6, 6.07) is 2.41. The molecule has 1 aromatic rings. The molecular formula is C69H97N7O22. The van der Waals surface area contributed by atoms with Gasteiger partial charge < -0.3 is 94.6 Å². The molecule has 10 bridgehead atoms. The summed E-state index contributed by atoms with van der Waals surface area (Å²) >= 11 is 0. The lowest BCUT2D eigenvalue weighted by atomic mass is 9.81. The number of Topliss-reactive ketones (excluding diaryl/α,β-unsaturated/α-hetero) is 1. The molecule has 29 heteroatoms. The van der Waals surface area contributed by atoms with Crippen LogP contribution in [-0.4, -0.2) is 230 Å². The number of rotatable bonds is 25. The Morgan fingerprint density at radius 3 is 2.18 bits per heavy atom. The molecule has 1 aromatic carbocycles. The summed E-state index contributed by atoms with van der Waals surface area (Å²) in [6.07, 6.45) is 0.931. The number of nitrogens with two attached hydrogens (primary N) is 1. The number of carbonyl (C=O) groups excluding carboxylic acids is 9. The Bertz CT molecular complexity index is 3080. The number of hydrogen-bond donors (Lipinski definition) is 8. The highest BCUT2D eigenvalue weighted by Gasteiger charge is 2.60. The Morgan fingerprint density at radius 1 is 0.735 bits per heavy atom. The van der Waals surface area contributed by atoms with E-state index >= 15 is 0 Å². The summed E-state index contributed by atoms with van der Waals surface area (Å²) in [7, 11) is 1.56. The molecule has 9 aliphatic rings. The number of ether oxygens (including phenoxy) is 11. The SMILES string of the molecule is C=C1CC2CC[C@]34C[C@@H](O)C(O3)C3CC(O4)[C@H]4OC(CCC4O3)CC(=O)CC3C(C[C@H]4O[C@@H](CCC1O2)C[C@@H](C)C4=C)O[C@H](CC(O)CNC(=O)OCc1ccc(NC(=O)C(CC(N)=O)NC(=O)[C@H](C)NC(=O)C(C)NC(=O)CCOCCOCCN2C(=O)C=CC2=O)cc1)[C@@H]3OC. The lowest BCUT2D eigenvalue weighted by Gasteiger charge is -2.47. The van der Waals surface area contributed by atoms with E-state index in [1.807, 2.05) is 0 Å². The van der Waals surface area contributed by atoms with E-state index in [0.717, 1.165) is 35.3 Å². The molecule has 8 fully saturated rings. The fraction of sp³-hybridized carbons (Fsp3) is 0.696. The minimum absolute atomic E-state index is 0.00345. The molecule has 9 heterocycles. The lowest BCUT2D eigenvalue weighted by molar-refractivity contribution is -0.277. The number of anilines is 1. The van der Waals surface area contributed by atoms with Crippen molar-refractivity contribution in [3.05, 3.63) is 66.3 Å². The minimum Gasteiger partial charge on any atom is -0.445 e. The number of amides is 8. The van der Waals surface area contributed by atoms with Crippen molar-refractivity contribution in [2.45, 2.75) is 246 Å². The highest BCUT2D eigenvalue weighted by atomic mass is 16.7. The van der Waals surface area contributed by atoms with Crippen molar-refractivity contribution < 1.29 is 105 Å². The zero-order valence-corrected chi connectivity index (χ0v) is 56.3. The van der Waals surface area contributed by atoms with E-state index in [0.29, 0.717) is 56.9 Å². The number of carbonyl (C=O) groups is 9. The van der Waals surface area contributed by atoms with Crippen LogP contribution in [0.2, 0.25) is 0 Å². The number of aliphatic hydroxyl groups excluding tert-OH is 2. The van der Waals surface area contributed by atoms with Gasteiger partial charge in [-0.2, -0.15) is 0 Å². The van der Waals surface area contributed by atoms with Crippen molar-refractivity contribution in [3.63, 3.8) is 0 Å². The predicted molar refractivity (Wildman–Crippen MR) is 345 cm³/mol. The van der Waals surface area contributed by atoms with Gasteiger partial charge in [0.25, 0.3) is 11.8 Å². The first-order valence-electron chi connectivity index (χ1n) is 34.5. The third-order valence-electron chi connectivity index (χ3n) is 20.2. The summed E-state index contributed by atoms with van der Waals surface area (Å²) in [5.74, 6) is -5.94. The van der Waals surface area contributed by atoms with E-state index in [4.69, 9.17) is 57.8 Å². The molecule has 12 unspecified atom stereocenters. The topological polar surface area (TPSA) is 385 Å². The van der Waals surface area contributed by atoms with Crippen molar-refractivity contribution in [1.29, 1.82) is 0 Å². The summed E-state index contributed by atoms with van der Waals surface area (Å²) in [4.78, 5) is 116. The molecule has 0 saturated carbocycles. The number of nitrogens with zero attached hydrogens (tertiary/aromatic N) is 1. The molecule has 9 aliphatic heterocycles. The first-order valence-corrected chi connectivity index (χ1v) is 34.5. The number of aliphatic hydroxyl groups is 2. The number of fused-ring (bicyclic) bond motifs is 9. The Kier molecular flexibility index (Phi) is 25.5. The molecule has 98 heavy (non-hydrogen) atoms. The molecule has 8 saturated heterocycles. The van der Waals surface area contributed by atoms with Gasteiger partial charge in [-0.25, -0.2) is 4.79 Å². The zero-order chi connectivity index (χ0) is 69.9. The van der Waals surface area contributed by atoms with Crippen LogP contribution in [-0.2, 0) is 97.1 Å². The highest BCUT2D eigenvalue weighted by molar-refractivity contribution is 6.12. The second-order valence-electron chi connectivity index (χ2n) is 27.5. The van der Waals surface area contributed by atoms with Crippen LogP contribution in [0.1, 0.15) is 129 Å². The molecule has 29 nitrogen and oxygen atoms in total. The van der Waals surface area contributed by atoms with Gasteiger partial charge in [0.05, 0.1) is 119 Å². The average molecular weight is 1380 g/mol. The summed E-state index contributed by atoms with van der Waals surface area (Å²) in [5.41, 5.74) is 8.18. The predicted octanol–water partition coefficient (Wildman–Crippen LogP) is 2.05. The Labute approximate surface area is 569 Å². The van der Waals surface area contributed by atoms with Crippen molar-refractivity contribution in [1.82, 2.24) is 26.2 Å². The monoisotopic (exact) mass is 1380 g/mol. The van der Waals surface area contributed by atoms with Gasteiger partial charge in [0.15, 0.2) is 5.79 Å². The van der Waals surface area contributed by atoms with Crippen LogP contribution in [0.15, 0.2) is 60.7 Å². The smallest absolute Gasteiger partial charge is 0.407 e. The Morgan fingerprint density at radius 2 is 1.44 bits per heavy atom. The van der Waals surface area contributed by atoms with E-state index in [1.54, 1.807) is 19.2 Å². The van der Waals surface area contributed by atoms with E-state index in [2.05, 4.69) is 46.7 Å². The van der Waals surface area contributed by atoms with Crippen LogP contribution in [0.4, 0.5) is 10.5 Å². The third-order valence-corrected chi connectivity index (χ3v) is 20.2. The van der Waals surface area contributed by atoms with Crippen molar-refractivity contribution in [3.8, 4) is 0 Å². The quantitative estimate of drug-likeness (QED) is 0.0394. The van der Waals surface area contributed by atoms with Crippen molar-refractivity contribution >= 4 is 58.9 Å². The normalized spacial score (nSPS) is 33.5. The summed E-state index contributed by atoms with van der Waals surface area (Å²) in [5, 5.41) is 35.4. The molecule has 540 valence electrons. The summed E-state index contributed by atoms with van der Waals surface area (Å²) in [6.45, 7) is 13.9. The molecule has 0 aromatic heterocycles. The highest BCUT2D eigenvalue weighted by Crippen LogP contribution is 2.49. The largest absolute Gasteiger partial charge is 0.445 e. The van der Waals surface area contributed by atoms with E-state index in [9.17, 15) is 53.4 Å².